The fourth-order valence-corrected chi connectivity index (χ4v) is 1.88. The molecule has 6 heteroatoms. The first-order chi connectivity index (χ1) is 8.55. The lowest BCUT2D eigenvalue weighted by atomic mass is 10.2. The van der Waals surface area contributed by atoms with Gasteiger partial charge in [0, 0.05) is 18.8 Å². The number of pyridine rings is 1. The molecule has 2 heterocycles. The molecule has 1 aromatic rings. The van der Waals surface area contributed by atoms with Crippen LogP contribution in [0.1, 0.15) is 24.8 Å². The highest BCUT2D eigenvalue weighted by Gasteiger charge is 2.30. The van der Waals surface area contributed by atoms with Crippen LogP contribution in [-0.4, -0.2) is 24.2 Å². The summed E-state index contributed by atoms with van der Waals surface area (Å²) in [6.07, 6.45) is -0.514. The number of alkyl halides is 3. The van der Waals surface area contributed by atoms with Crippen LogP contribution in [0, 0.1) is 0 Å². The minimum atomic E-state index is -4.35. The second-order valence-electron chi connectivity index (χ2n) is 4.32. The van der Waals surface area contributed by atoms with E-state index in [0.717, 1.165) is 38.1 Å². The summed E-state index contributed by atoms with van der Waals surface area (Å²) >= 11 is 0. The second kappa shape index (κ2) is 5.56. The molecule has 0 spiro atoms. The molecule has 1 N–H and O–H groups in total. The molecular weight excluding hydrogens is 245 g/mol. The molecule has 1 aromatic heterocycles. The monoisotopic (exact) mass is 260 g/mol. The van der Waals surface area contributed by atoms with Gasteiger partial charge >= 0.3 is 6.18 Å². The van der Waals surface area contributed by atoms with Gasteiger partial charge in [-0.25, -0.2) is 4.98 Å². The first-order valence-electron chi connectivity index (χ1n) is 5.96. The molecular formula is C12H15F3N2O. The molecule has 0 unspecified atom stereocenters. The number of hydrogen-bond donors (Lipinski definition) is 1. The van der Waals surface area contributed by atoms with Crippen molar-refractivity contribution < 1.29 is 17.9 Å². The van der Waals surface area contributed by atoms with Crippen LogP contribution in [0.5, 0.6) is 5.88 Å². The van der Waals surface area contributed by atoms with E-state index < -0.39 is 11.7 Å². The molecule has 1 fully saturated rings. The van der Waals surface area contributed by atoms with Gasteiger partial charge in [-0.1, -0.05) is 0 Å². The normalized spacial score (nSPS) is 21.4. The highest BCUT2D eigenvalue weighted by atomic mass is 19.4. The van der Waals surface area contributed by atoms with Gasteiger partial charge in [-0.2, -0.15) is 13.2 Å². The number of ether oxygens (including phenoxy) is 1. The van der Waals surface area contributed by atoms with E-state index in [4.69, 9.17) is 4.74 Å². The Balaban J connectivity index is 1.97. The van der Waals surface area contributed by atoms with Crippen molar-refractivity contribution in [2.45, 2.75) is 31.5 Å². The zero-order valence-electron chi connectivity index (χ0n) is 9.83. The quantitative estimate of drug-likeness (QED) is 0.887. The summed E-state index contributed by atoms with van der Waals surface area (Å²) in [6.45, 7) is 1.67. The zero-order valence-corrected chi connectivity index (χ0v) is 9.83. The lowest BCUT2D eigenvalue weighted by Gasteiger charge is -2.16. The molecule has 18 heavy (non-hydrogen) atoms. The van der Waals surface area contributed by atoms with Crippen LogP contribution >= 0.6 is 0 Å². The van der Waals surface area contributed by atoms with E-state index in [0.29, 0.717) is 6.54 Å². The minimum absolute atomic E-state index is 0.0169. The van der Waals surface area contributed by atoms with Crippen LogP contribution in [0.4, 0.5) is 13.2 Å². The van der Waals surface area contributed by atoms with E-state index in [9.17, 15) is 13.2 Å². The van der Waals surface area contributed by atoms with Gasteiger partial charge in [-0.3, -0.25) is 0 Å². The summed E-state index contributed by atoms with van der Waals surface area (Å²) in [5, 5.41) is 3.22. The number of halogens is 3. The number of aromatic nitrogens is 1. The molecule has 0 aromatic carbocycles. The fraction of sp³-hybridized carbons (Fsp3) is 0.583. The lowest BCUT2D eigenvalue weighted by molar-refractivity contribution is -0.137. The van der Waals surface area contributed by atoms with Crippen molar-refractivity contribution in [3.05, 3.63) is 23.9 Å². The van der Waals surface area contributed by atoms with Crippen molar-refractivity contribution in [1.29, 1.82) is 0 Å². The zero-order chi connectivity index (χ0) is 13.0. The Morgan fingerprint density at radius 1 is 1.28 bits per heavy atom. The lowest BCUT2D eigenvalue weighted by Crippen LogP contribution is -2.29. The van der Waals surface area contributed by atoms with Crippen molar-refractivity contribution >= 4 is 0 Å². The molecule has 0 saturated carbocycles. The summed E-state index contributed by atoms with van der Waals surface area (Å²) in [6, 6.07) is 2.26. The predicted octanol–water partition coefficient (Wildman–Crippen LogP) is 2.62. The largest absolute Gasteiger partial charge is 0.473 e. The Morgan fingerprint density at radius 2 is 2.11 bits per heavy atom. The summed E-state index contributed by atoms with van der Waals surface area (Å²) in [5.41, 5.74) is -0.756. The fourth-order valence-electron chi connectivity index (χ4n) is 1.88. The molecule has 100 valence electrons. The number of hydrogen-bond acceptors (Lipinski definition) is 3. The summed E-state index contributed by atoms with van der Waals surface area (Å²) in [4.78, 5) is 3.70. The van der Waals surface area contributed by atoms with Crippen molar-refractivity contribution in [3.63, 3.8) is 0 Å². The molecule has 1 saturated heterocycles. The van der Waals surface area contributed by atoms with Gasteiger partial charge in [-0.05, 0) is 31.9 Å². The summed E-state index contributed by atoms with van der Waals surface area (Å²) < 4.78 is 42.6. The highest BCUT2D eigenvalue weighted by Crippen LogP contribution is 2.29. The summed E-state index contributed by atoms with van der Waals surface area (Å²) in [5.74, 6) is 0.247. The third-order valence-corrected chi connectivity index (χ3v) is 2.85. The Hall–Kier alpha value is -1.30. The van der Waals surface area contributed by atoms with Gasteiger partial charge in [0.1, 0.15) is 6.10 Å². The van der Waals surface area contributed by atoms with Gasteiger partial charge in [0.25, 0.3) is 0 Å². The van der Waals surface area contributed by atoms with Crippen LogP contribution in [0.15, 0.2) is 18.3 Å². The Bertz CT molecular complexity index is 370. The minimum Gasteiger partial charge on any atom is -0.473 e. The van der Waals surface area contributed by atoms with Gasteiger partial charge < -0.3 is 10.1 Å². The summed E-state index contributed by atoms with van der Waals surface area (Å²) in [7, 11) is 0. The van der Waals surface area contributed by atoms with Crippen molar-refractivity contribution in [2.75, 3.05) is 13.1 Å². The highest BCUT2D eigenvalue weighted by molar-refractivity contribution is 5.20. The van der Waals surface area contributed by atoms with Gasteiger partial charge in [-0.15, -0.1) is 0 Å². The third-order valence-electron chi connectivity index (χ3n) is 2.85. The number of nitrogens with one attached hydrogen (secondary N) is 1. The maximum atomic E-state index is 12.3. The maximum absolute atomic E-state index is 12.3. The van der Waals surface area contributed by atoms with E-state index in [-0.39, 0.29) is 12.0 Å². The van der Waals surface area contributed by atoms with Crippen LogP contribution in [0.3, 0.4) is 0 Å². The Kier molecular flexibility index (Phi) is 4.06. The predicted molar refractivity (Wildman–Crippen MR) is 60.4 cm³/mol. The van der Waals surface area contributed by atoms with E-state index in [2.05, 4.69) is 10.3 Å². The molecule has 3 nitrogen and oxygen atoms in total. The molecule has 0 aliphatic carbocycles. The van der Waals surface area contributed by atoms with Gasteiger partial charge in [0.2, 0.25) is 5.88 Å². The average molecular weight is 260 g/mol. The van der Waals surface area contributed by atoms with E-state index in [1.165, 1.54) is 6.07 Å². The smallest absolute Gasteiger partial charge is 0.417 e. The Labute approximate surface area is 103 Å². The topological polar surface area (TPSA) is 34.1 Å². The second-order valence-corrected chi connectivity index (χ2v) is 4.32. The van der Waals surface area contributed by atoms with Crippen LogP contribution in [-0.2, 0) is 6.18 Å². The van der Waals surface area contributed by atoms with E-state index in [1.54, 1.807) is 0 Å². The first-order valence-corrected chi connectivity index (χ1v) is 5.96. The molecule has 1 aliphatic heterocycles. The number of nitrogens with zero attached hydrogens (tertiary/aromatic N) is 1. The maximum Gasteiger partial charge on any atom is 0.417 e. The SMILES string of the molecule is FC(F)(F)c1ccc(O[C@@H]2CCCCNC2)nc1. The average Bonchev–Trinajstić information content (AvgIpc) is 2.57. The standard InChI is InChI=1S/C12H15F3N2O/c13-12(14,15)9-4-5-11(17-7-9)18-10-3-1-2-6-16-8-10/h4-5,7,10,16H,1-3,6,8H2/t10-/m1/s1. The van der Waals surface area contributed by atoms with Crippen LogP contribution in [0.2, 0.25) is 0 Å². The van der Waals surface area contributed by atoms with Gasteiger partial charge in [0.15, 0.2) is 0 Å². The van der Waals surface area contributed by atoms with E-state index >= 15 is 0 Å². The first kappa shape index (κ1) is 13.1. The molecule has 1 aliphatic rings. The van der Waals surface area contributed by atoms with Crippen molar-refractivity contribution in [1.82, 2.24) is 10.3 Å². The molecule has 0 radical (unpaired) electrons. The molecule has 2 rings (SSSR count). The van der Waals surface area contributed by atoms with E-state index in [1.807, 2.05) is 0 Å². The van der Waals surface area contributed by atoms with Gasteiger partial charge in [0.05, 0.1) is 5.56 Å². The Morgan fingerprint density at radius 3 is 2.78 bits per heavy atom. The molecule has 0 bridgehead atoms. The van der Waals surface area contributed by atoms with Crippen molar-refractivity contribution in [2.24, 2.45) is 0 Å². The van der Waals surface area contributed by atoms with Crippen molar-refractivity contribution in [3.8, 4) is 5.88 Å². The van der Waals surface area contributed by atoms with Crippen LogP contribution in [0.25, 0.3) is 0 Å². The third kappa shape index (κ3) is 3.60. The molecule has 1 atom stereocenters. The van der Waals surface area contributed by atoms with Crippen LogP contribution < -0.4 is 10.1 Å². The number of rotatable bonds is 2. The molecule has 0 amide bonds.